The van der Waals surface area contributed by atoms with Crippen molar-refractivity contribution in [2.75, 3.05) is 13.2 Å². The Morgan fingerprint density at radius 3 is 2.50 bits per heavy atom. The number of aliphatic hydroxyl groups excluding tert-OH is 1. The lowest BCUT2D eigenvalue weighted by Gasteiger charge is -2.35. The number of hydrogen-bond donors (Lipinski definition) is 2. The molecule has 1 aliphatic carbocycles. The zero-order valence-corrected chi connectivity index (χ0v) is 11.3. The molecule has 0 radical (unpaired) electrons. The van der Waals surface area contributed by atoms with Gasteiger partial charge in [0.05, 0.1) is 0 Å². The molecular weight excluding hydrogens is 198 g/mol. The predicted octanol–water partition coefficient (Wildman–Crippen LogP) is 2.95. The summed E-state index contributed by atoms with van der Waals surface area (Å²) in [4.78, 5) is 0. The maximum atomic E-state index is 9.40. The molecule has 0 spiro atoms. The number of aliphatic hydroxyl groups is 1. The lowest BCUT2D eigenvalue weighted by Crippen LogP contribution is -2.44. The molecule has 1 fully saturated rings. The van der Waals surface area contributed by atoms with E-state index in [0.29, 0.717) is 12.6 Å². The summed E-state index contributed by atoms with van der Waals surface area (Å²) in [6, 6.07) is 0.691. The molecule has 0 bridgehead atoms. The third kappa shape index (κ3) is 3.74. The summed E-state index contributed by atoms with van der Waals surface area (Å²) in [5, 5.41) is 13.1. The monoisotopic (exact) mass is 227 g/mol. The van der Waals surface area contributed by atoms with Crippen molar-refractivity contribution in [2.45, 2.75) is 65.3 Å². The van der Waals surface area contributed by atoms with Crippen molar-refractivity contribution in [3.05, 3.63) is 0 Å². The van der Waals surface area contributed by atoms with Gasteiger partial charge in [0.15, 0.2) is 0 Å². The minimum Gasteiger partial charge on any atom is -0.396 e. The van der Waals surface area contributed by atoms with Crippen molar-refractivity contribution < 1.29 is 5.11 Å². The van der Waals surface area contributed by atoms with E-state index in [0.717, 1.165) is 18.9 Å². The van der Waals surface area contributed by atoms with Gasteiger partial charge in [-0.25, -0.2) is 0 Å². The maximum absolute atomic E-state index is 9.40. The lowest BCUT2D eigenvalue weighted by atomic mass is 9.81. The maximum Gasteiger partial charge on any atom is 0.0496 e. The molecule has 1 rings (SSSR count). The van der Waals surface area contributed by atoms with Gasteiger partial charge in [0.1, 0.15) is 0 Å². The van der Waals surface area contributed by atoms with E-state index in [1.165, 1.54) is 32.1 Å². The Kier molecular flexibility index (Phi) is 5.77. The summed E-state index contributed by atoms with van der Waals surface area (Å²) in [7, 11) is 0. The van der Waals surface area contributed by atoms with E-state index in [-0.39, 0.29) is 5.41 Å². The van der Waals surface area contributed by atoms with Crippen LogP contribution in [-0.2, 0) is 0 Å². The number of hydrogen-bond acceptors (Lipinski definition) is 2. The van der Waals surface area contributed by atoms with Gasteiger partial charge >= 0.3 is 0 Å². The first-order valence-corrected chi connectivity index (χ1v) is 6.99. The minimum atomic E-state index is 0.0652. The predicted molar refractivity (Wildman–Crippen MR) is 69.5 cm³/mol. The van der Waals surface area contributed by atoms with Gasteiger partial charge in [-0.2, -0.15) is 0 Å². The van der Waals surface area contributed by atoms with Crippen molar-refractivity contribution in [1.82, 2.24) is 5.32 Å². The molecule has 0 heterocycles. The minimum absolute atomic E-state index is 0.0652. The molecule has 0 aliphatic heterocycles. The second kappa shape index (κ2) is 6.61. The molecule has 1 saturated carbocycles. The van der Waals surface area contributed by atoms with E-state index in [1.807, 2.05) is 0 Å². The lowest BCUT2D eigenvalue weighted by molar-refractivity contribution is 0.122. The second-order valence-corrected chi connectivity index (χ2v) is 5.76. The van der Waals surface area contributed by atoms with E-state index >= 15 is 0 Å². The molecule has 3 unspecified atom stereocenters. The van der Waals surface area contributed by atoms with Crippen molar-refractivity contribution >= 4 is 0 Å². The molecule has 0 saturated heterocycles. The summed E-state index contributed by atoms with van der Waals surface area (Å²) >= 11 is 0. The largest absolute Gasteiger partial charge is 0.396 e. The van der Waals surface area contributed by atoms with Gasteiger partial charge < -0.3 is 10.4 Å². The smallest absolute Gasteiger partial charge is 0.0496 e. The van der Waals surface area contributed by atoms with Gasteiger partial charge in [0, 0.05) is 24.6 Å². The average Bonchev–Trinajstić information content (AvgIpc) is 2.36. The van der Waals surface area contributed by atoms with Crippen molar-refractivity contribution in [3.8, 4) is 0 Å². The molecule has 0 amide bonds. The van der Waals surface area contributed by atoms with Gasteiger partial charge in [-0.05, 0) is 25.2 Å². The molecule has 1 aliphatic rings. The van der Waals surface area contributed by atoms with Crippen molar-refractivity contribution in [1.29, 1.82) is 0 Å². The van der Waals surface area contributed by atoms with Crippen LogP contribution in [0.3, 0.4) is 0 Å². The van der Waals surface area contributed by atoms with Gasteiger partial charge in [-0.1, -0.05) is 40.0 Å². The summed E-state index contributed by atoms with van der Waals surface area (Å²) in [5.41, 5.74) is 0.0652. The summed E-state index contributed by atoms with van der Waals surface area (Å²) in [5.74, 6) is 0.855. The van der Waals surface area contributed by atoms with Crippen molar-refractivity contribution in [3.63, 3.8) is 0 Å². The molecule has 16 heavy (non-hydrogen) atoms. The highest BCUT2D eigenvalue weighted by Crippen LogP contribution is 2.28. The van der Waals surface area contributed by atoms with Gasteiger partial charge in [-0.3, -0.25) is 0 Å². The van der Waals surface area contributed by atoms with Crippen molar-refractivity contribution in [2.24, 2.45) is 11.3 Å². The summed E-state index contributed by atoms with van der Waals surface area (Å²) in [6.07, 6.45) is 7.82. The average molecular weight is 227 g/mol. The molecule has 96 valence electrons. The topological polar surface area (TPSA) is 32.3 Å². The van der Waals surface area contributed by atoms with Gasteiger partial charge in [0.2, 0.25) is 0 Å². The fourth-order valence-electron chi connectivity index (χ4n) is 2.64. The van der Waals surface area contributed by atoms with Crippen LogP contribution in [-0.4, -0.2) is 24.3 Å². The fourth-order valence-corrected chi connectivity index (χ4v) is 2.64. The molecule has 2 nitrogen and oxygen atoms in total. The van der Waals surface area contributed by atoms with Crippen LogP contribution in [0.4, 0.5) is 0 Å². The van der Waals surface area contributed by atoms with Crippen LogP contribution in [0, 0.1) is 11.3 Å². The SMILES string of the molecule is CCC1CCCCC1NCC(C)(CC)CO. The van der Waals surface area contributed by atoms with E-state index in [9.17, 15) is 5.11 Å². The first kappa shape index (κ1) is 14.0. The zero-order valence-electron chi connectivity index (χ0n) is 11.3. The summed E-state index contributed by atoms with van der Waals surface area (Å²) < 4.78 is 0. The van der Waals surface area contributed by atoms with Crippen LogP contribution in [0.2, 0.25) is 0 Å². The third-order valence-electron chi connectivity index (χ3n) is 4.46. The highest BCUT2D eigenvalue weighted by molar-refractivity contribution is 4.83. The Labute approximate surface area is 101 Å². The van der Waals surface area contributed by atoms with Crippen LogP contribution in [0.15, 0.2) is 0 Å². The third-order valence-corrected chi connectivity index (χ3v) is 4.46. The highest BCUT2D eigenvalue weighted by Gasteiger charge is 2.27. The Morgan fingerprint density at radius 1 is 1.25 bits per heavy atom. The van der Waals surface area contributed by atoms with E-state index < -0.39 is 0 Å². The molecular formula is C14H29NO. The molecule has 2 heteroatoms. The van der Waals surface area contributed by atoms with Crippen LogP contribution in [0.5, 0.6) is 0 Å². The Hall–Kier alpha value is -0.0800. The molecule has 0 aromatic heterocycles. The standard InChI is InChI=1S/C14H29NO/c1-4-12-8-6-7-9-13(12)15-10-14(3,5-2)11-16/h12-13,15-16H,4-11H2,1-3H3. The zero-order chi connectivity index (χ0) is 12.0. The van der Waals surface area contributed by atoms with E-state index in [2.05, 4.69) is 26.1 Å². The van der Waals surface area contributed by atoms with E-state index in [4.69, 9.17) is 0 Å². The van der Waals surface area contributed by atoms with Crippen LogP contribution >= 0.6 is 0 Å². The second-order valence-electron chi connectivity index (χ2n) is 5.76. The van der Waals surface area contributed by atoms with Crippen LogP contribution < -0.4 is 5.32 Å². The highest BCUT2D eigenvalue weighted by atomic mass is 16.3. The van der Waals surface area contributed by atoms with Gasteiger partial charge in [0.25, 0.3) is 0 Å². The first-order chi connectivity index (χ1) is 7.65. The molecule has 3 atom stereocenters. The Balaban J connectivity index is 2.40. The first-order valence-electron chi connectivity index (χ1n) is 6.99. The fraction of sp³-hybridized carbons (Fsp3) is 1.00. The van der Waals surface area contributed by atoms with Gasteiger partial charge in [-0.15, -0.1) is 0 Å². The van der Waals surface area contributed by atoms with E-state index in [1.54, 1.807) is 0 Å². The molecule has 2 N–H and O–H groups in total. The number of rotatable bonds is 6. The Bertz CT molecular complexity index is 189. The van der Waals surface area contributed by atoms with Crippen LogP contribution in [0.1, 0.15) is 59.3 Å². The van der Waals surface area contributed by atoms with Crippen LogP contribution in [0.25, 0.3) is 0 Å². The summed E-state index contributed by atoms with van der Waals surface area (Å²) in [6.45, 7) is 7.89. The number of nitrogens with one attached hydrogen (secondary N) is 1. The quantitative estimate of drug-likeness (QED) is 0.731. The molecule has 0 aromatic carbocycles. The molecule has 0 aromatic rings. The Morgan fingerprint density at radius 2 is 1.94 bits per heavy atom. The normalized spacial score (nSPS) is 30.0.